The van der Waals surface area contributed by atoms with Crippen LogP contribution in [-0.2, 0) is 0 Å². The van der Waals surface area contributed by atoms with Crippen LogP contribution >= 0.6 is 0 Å². The summed E-state index contributed by atoms with van der Waals surface area (Å²) in [5.74, 6) is 5.65. The molecule has 1 aromatic rings. The molecule has 1 aliphatic carbocycles. The van der Waals surface area contributed by atoms with E-state index in [0.29, 0.717) is 23.6 Å². The van der Waals surface area contributed by atoms with Crippen LogP contribution in [0.25, 0.3) is 0 Å². The Labute approximate surface area is 119 Å². The number of aliphatic hydroxyl groups is 1. The number of amides is 1. The fraction of sp³-hybridized carbons (Fsp3) is 0.500. The molecular weight excluding hydrogens is 252 g/mol. The molecule has 1 heterocycles. The molecule has 1 aromatic heterocycles. The molecule has 1 aliphatic rings. The van der Waals surface area contributed by atoms with Gasteiger partial charge in [0.05, 0.1) is 12.2 Å². The Balaban J connectivity index is 1.99. The van der Waals surface area contributed by atoms with Gasteiger partial charge < -0.3 is 10.4 Å². The van der Waals surface area contributed by atoms with Crippen LogP contribution in [-0.4, -0.2) is 28.6 Å². The number of hydrogen-bond donors (Lipinski definition) is 2. The van der Waals surface area contributed by atoms with Gasteiger partial charge in [-0.25, -0.2) is 0 Å². The molecule has 1 saturated carbocycles. The number of carbonyl (C=O) groups excluding carboxylic acids is 1. The minimum Gasteiger partial charge on any atom is -0.395 e. The van der Waals surface area contributed by atoms with Gasteiger partial charge in [-0.2, -0.15) is 0 Å². The summed E-state index contributed by atoms with van der Waals surface area (Å²) in [6.45, 7) is 0.0439. The van der Waals surface area contributed by atoms with Crippen LogP contribution in [0.1, 0.15) is 54.4 Å². The number of rotatable bonds is 3. The van der Waals surface area contributed by atoms with Gasteiger partial charge in [0.2, 0.25) is 0 Å². The molecular formula is C16H20N2O2. The number of aliphatic hydroxyl groups excluding tert-OH is 1. The standard InChI is InChI=1S/C16H20N2O2/c19-9-5-4-6-13-10-14(12-17-11-13)16(20)18-15-7-2-1-3-8-15/h10-12,15,19H,1-3,5,7-9H2,(H,18,20). The first-order chi connectivity index (χ1) is 9.79. The lowest BCUT2D eigenvalue weighted by atomic mass is 9.95. The van der Waals surface area contributed by atoms with Gasteiger partial charge in [0.1, 0.15) is 0 Å². The Morgan fingerprint density at radius 3 is 2.90 bits per heavy atom. The van der Waals surface area contributed by atoms with Gasteiger partial charge in [-0.05, 0) is 18.9 Å². The molecule has 0 radical (unpaired) electrons. The summed E-state index contributed by atoms with van der Waals surface area (Å²) in [6.07, 6.45) is 9.40. The molecule has 1 fully saturated rings. The van der Waals surface area contributed by atoms with Crippen LogP contribution in [0, 0.1) is 11.8 Å². The second-order valence-corrected chi connectivity index (χ2v) is 5.05. The third-order valence-corrected chi connectivity index (χ3v) is 3.41. The lowest BCUT2D eigenvalue weighted by Gasteiger charge is -2.22. The van der Waals surface area contributed by atoms with Crippen molar-refractivity contribution in [2.45, 2.75) is 44.6 Å². The predicted octanol–water partition coefficient (Wildman–Crippen LogP) is 1.88. The number of nitrogens with one attached hydrogen (secondary N) is 1. The molecule has 0 bridgehead atoms. The highest BCUT2D eigenvalue weighted by Gasteiger charge is 2.16. The zero-order valence-corrected chi connectivity index (χ0v) is 11.6. The highest BCUT2D eigenvalue weighted by molar-refractivity contribution is 5.94. The Bertz CT molecular complexity index is 511. The molecule has 0 spiro atoms. The monoisotopic (exact) mass is 272 g/mol. The summed E-state index contributed by atoms with van der Waals surface area (Å²) < 4.78 is 0. The van der Waals surface area contributed by atoms with Gasteiger partial charge in [-0.15, -0.1) is 0 Å². The molecule has 4 heteroatoms. The van der Waals surface area contributed by atoms with Crippen LogP contribution in [0.15, 0.2) is 18.5 Å². The zero-order valence-electron chi connectivity index (χ0n) is 11.6. The molecule has 0 unspecified atom stereocenters. The van der Waals surface area contributed by atoms with E-state index in [2.05, 4.69) is 22.1 Å². The molecule has 20 heavy (non-hydrogen) atoms. The van der Waals surface area contributed by atoms with Crippen LogP contribution < -0.4 is 5.32 Å². The van der Waals surface area contributed by atoms with E-state index in [4.69, 9.17) is 5.11 Å². The topological polar surface area (TPSA) is 62.2 Å². The van der Waals surface area contributed by atoms with E-state index in [1.807, 2.05) is 0 Å². The average Bonchev–Trinajstić information content (AvgIpc) is 2.49. The molecule has 0 aliphatic heterocycles. The van der Waals surface area contributed by atoms with Crippen molar-refractivity contribution in [1.29, 1.82) is 0 Å². The third kappa shape index (κ3) is 4.36. The molecule has 4 nitrogen and oxygen atoms in total. The first kappa shape index (κ1) is 14.5. The largest absolute Gasteiger partial charge is 0.395 e. The van der Waals surface area contributed by atoms with Gasteiger partial charge in [0.15, 0.2) is 0 Å². The van der Waals surface area contributed by atoms with Gasteiger partial charge in [0.25, 0.3) is 5.91 Å². The van der Waals surface area contributed by atoms with Gasteiger partial charge in [0, 0.05) is 30.4 Å². The summed E-state index contributed by atoms with van der Waals surface area (Å²) in [4.78, 5) is 16.2. The minimum absolute atomic E-state index is 0.0439. The molecule has 1 amide bonds. The molecule has 2 rings (SSSR count). The Morgan fingerprint density at radius 1 is 1.35 bits per heavy atom. The maximum absolute atomic E-state index is 12.2. The first-order valence-electron chi connectivity index (χ1n) is 7.15. The van der Waals surface area contributed by atoms with Gasteiger partial charge in [-0.3, -0.25) is 9.78 Å². The molecule has 0 saturated heterocycles. The van der Waals surface area contributed by atoms with Crippen molar-refractivity contribution in [2.24, 2.45) is 0 Å². The fourth-order valence-electron chi connectivity index (χ4n) is 2.37. The lowest BCUT2D eigenvalue weighted by molar-refractivity contribution is 0.0927. The molecule has 106 valence electrons. The van der Waals surface area contributed by atoms with Crippen LogP contribution in [0.3, 0.4) is 0 Å². The fourth-order valence-corrected chi connectivity index (χ4v) is 2.37. The third-order valence-electron chi connectivity index (χ3n) is 3.41. The molecule has 0 atom stereocenters. The average molecular weight is 272 g/mol. The maximum atomic E-state index is 12.2. The molecule has 2 N–H and O–H groups in total. The Kier molecular flexibility index (Phi) is 5.57. The van der Waals surface area contributed by atoms with Crippen molar-refractivity contribution in [3.63, 3.8) is 0 Å². The Hall–Kier alpha value is -1.86. The maximum Gasteiger partial charge on any atom is 0.253 e. The number of hydrogen-bond acceptors (Lipinski definition) is 3. The number of nitrogens with zero attached hydrogens (tertiary/aromatic N) is 1. The van der Waals surface area contributed by atoms with Crippen molar-refractivity contribution in [3.05, 3.63) is 29.6 Å². The minimum atomic E-state index is -0.0739. The zero-order chi connectivity index (χ0) is 14.2. The summed E-state index contributed by atoms with van der Waals surface area (Å²) >= 11 is 0. The predicted molar refractivity (Wildman–Crippen MR) is 77.2 cm³/mol. The number of aromatic nitrogens is 1. The number of pyridine rings is 1. The van der Waals surface area contributed by atoms with E-state index < -0.39 is 0 Å². The van der Waals surface area contributed by atoms with Crippen molar-refractivity contribution < 1.29 is 9.90 Å². The number of carbonyl (C=O) groups is 1. The lowest BCUT2D eigenvalue weighted by Crippen LogP contribution is -2.36. The van der Waals surface area contributed by atoms with E-state index in [-0.39, 0.29) is 12.5 Å². The van der Waals surface area contributed by atoms with Crippen LogP contribution in [0.5, 0.6) is 0 Å². The van der Waals surface area contributed by atoms with Gasteiger partial charge >= 0.3 is 0 Å². The summed E-state index contributed by atoms with van der Waals surface area (Å²) in [5.41, 5.74) is 1.25. The SMILES string of the molecule is O=C(NC1CCCCC1)c1cncc(C#CCCO)c1. The summed E-state index contributed by atoms with van der Waals surface area (Å²) in [6, 6.07) is 2.04. The van der Waals surface area contributed by atoms with Crippen LogP contribution in [0.2, 0.25) is 0 Å². The summed E-state index contributed by atoms with van der Waals surface area (Å²) in [7, 11) is 0. The van der Waals surface area contributed by atoms with E-state index >= 15 is 0 Å². The second-order valence-electron chi connectivity index (χ2n) is 5.05. The Morgan fingerprint density at radius 2 is 2.15 bits per heavy atom. The van der Waals surface area contributed by atoms with Crippen LogP contribution in [0.4, 0.5) is 0 Å². The van der Waals surface area contributed by atoms with Crippen molar-refractivity contribution in [3.8, 4) is 11.8 Å². The molecule has 0 aromatic carbocycles. The highest BCUT2D eigenvalue weighted by Crippen LogP contribution is 2.17. The van der Waals surface area contributed by atoms with Gasteiger partial charge in [-0.1, -0.05) is 31.1 Å². The normalized spacial score (nSPS) is 15.2. The van der Waals surface area contributed by atoms with Crippen molar-refractivity contribution in [2.75, 3.05) is 6.61 Å². The smallest absolute Gasteiger partial charge is 0.253 e. The van der Waals surface area contributed by atoms with Crippen molar-refractivity contribution in [1.82, 2.24) is 10.3 Å². The second kappa shape index (κ2) is 7.66. The van der Waals surface area contributed by atoms with E-state index in [1.54, 1.807) is 18.5 Å². The first-order valence-corrected chi connectivity index (χ1v) is 7.15. The summed E-state index contributed by atoms with van der Waals surface area (Å²) in [5, 5.41) is 11.7. The van der Waals surface area contributed by atoms with Crippen molar-refractivity contribution >= 4 is 5.91 Å². The van der Waals surface area contributed by atoms with E-state index in [9.17, 15) is 4.79 Å². The van der Waals surface area contributed by atoms with E-state index in [1.165, 1.54) is 19.3 Å². The highest BCUT2D eigenvalue weighted by atomic mass is 16.2. The quantitative estimate of drug-likeness (QED) is 0.826. The van der Waals surface area contributed by atoms with E-state index in [0.717, 1.165) is 12.8 Å².